The molecular formula is C7H8O3. The van der Waals surface area contributed by atoms with Crippen LogP contribution in [0.4, 0.5) is 0 Å². The average molecular weight is 140 g/mol. The fourth-order valence-electron chi connectivity index (χ4n) is 0.412. The predicted molar refractivity (Wildman–Crippen MR) is 36.3 cm³/mol. The van der Waals surface area contributed by atoms with E-state index in [4.69, 9.17) is 5.11 Å². The number of carbonyl (C=O) groups is 1. The fourth-order valence-corrected chi connectivity index (χ4v) is 0.412. The van der Waals surface area contributed by atoms with Crippen LogP contribution in [0.15, 0.2) is 18.2 Å². The summed E-state index contributed by atoms with van der Waals surface area (Å²) in [6, 6.07) is 0. The Kier molecular flexibility index (Phi) is 3.92. The van der Waals surface area contributed by atoms with Crippen molar-refractivity contribution in [1.82, 2.24) is 0 Å². The molecule has 3 heteroatoms. The van der Waals surface area contributed by atoms with Gasteiger partial charge in [0.2, 0.25) is 0 Å². The van der Waals surface area contributed by atoms with Crippen LogP contribution in [-0.4, -0.2) is 17.0 Å². The van der Waals surface area contributed by atoms with E-state index in [9.17, 15) is 9.59 Å². The maximum atomic E-state index is 10.1. The lowest BCUT2D eigenvalue weighted by atomic mass is 10.2. The van der Waals surface area contributed by atoms with Crippen LogP contribution in [0.2, 0.25) is 0 Å². The van der Waals surface area contributed by atoms with Gasteiger partial charge in [-0.1, -0.05) is 6.58 Å². The van der Waals surface area contributed by atoms with Gasteiger partial charge in [-0.15, -0.1) is 0 Å². The molecule has 0 amide bonds. The van der Waals surface area contributed by atoms with Gasteiger partial charge in [0.1, 0.15) is 5.94 Å². The van der Waals surface area contributed by atoms with Gasteiger partial charge in [-0.05, 0) is 12.8 Å². The van der Waals surface area contributed by atoms with Crippen molar-refractivity contribution >= 4 is 11.9 Å². The second-order valence-corrected chi connectivity index (χ2v) is 1.77. The van der Waals surface area contributed by atoms with Crippen LogP contribution in [0.5, 0.6) is 0 Å². The summed E-state index contributed by atoms with van der Waals surface area (Å²) in [5.41, 5.74) is 0.117. The second kappa shape index (κ2) is 4.53. The van der Waals surface area contributed by atoms with E-state index in [-0.39, 0.29) is 5.57 Å². The summed E-state index contributed by atoms with van der Waals surface area (Å²) < 4.78 is 0. The van der Waals surface area contributed by atoms with Crippen molar-refractivity contribution in [3.8, 4) is 0 Å². The molecule has 0 rings (SSSR count). The molecule has 54 valence electrons. The third-order valence-electron chi connectivity index (χ3n) is 0.976. The standard InChI is InChI=1S/C7H8O3/c1-6(7(9)10)4-2-3-5-8/h3H,1-2,4H2,(H,9,10). The molecule has 0 aromatic carbocycles. The molecule has 0 fully saturated rings. The van der Waals surface area contributed by atoms with E-state index in [1.807, 2.05) is 0 Å². The molecule has 0 aromatic heterocycles. The van der Waals surface area contributed by atoms with Crippen LogP contribution in [-0.2, 0) is 9.59 Å². The molecule has 0 atom stereocenters. The molecule has 1 N–H and O–H groups in total. The molecule has 0 spiro atoms. The highest BCUT2D eigenvalue weighted by Crippen LogP contribution is 2.01. The molecular weight excluding hydrogens is 132 g/mol. The minimum atomic E-state index is -1.01. The molecule has 0 saturated carbocycles. The van der Waals surface area contributed by atoms with E-state index in [2.05, 4.69) is 6.58 Å². The van der Waals surface area contributed by atoms with Crippen LogP contribution in [0, 0.1) is 0 Å². The lowest BCUT2D eigenvalue weighted by Crippen LogP contribution is -1.97. The minimum Gasteiger partial charge on any atom is -0.478 e. The van der Waals surface area contributed by atoms with E-state index in [0.29, 0.717) is 12.8 Å². The largest absolute Gasteiger partial charge is 0.478 e. The summed E-state index contributed by atoms with van der Waals surface area (Å²) in [6.45, 7) is 3.28. The molecule has 0 unspecified atom stereocenters. The Balaban J connectivity index is 3.60. The van der Waals surface area contributed by atoms with E-state index in [1.165, 1.54) is 6.08 Å². The number of aliphatic carboxylic acids is 1. The highest BCUT2D eigenvalue weighted by atomic mass is 16.4. The molecule has 0 radical (unpaired) electrons. The third-order valence-corrected chi connectivity index (χ3v) is 0.976. The Morgan fingerprint density at radius 2 is 2.30 bits per heavy atom. The first-order valence-electron chi connectivity index (χ1n) is 2.79. The van der Waals surface area contributed by atoms with E-state index in [1.54, 1.807) is 5.94 Å². The highest BCUT2D eigenvalue weighted by Gasteiger charge is 2.00. The van der Waals surface area contributed by atoms with Gasteiger partial charge in [0.05, 0.1) is 0 Å². The summed E-state index contributed by atoms with van der Waals surface area (Å²) in [7, 11) is 0. The van der Waals surface area contributed by atoms with Crippen molar-refractivity contribution in [2.75, 3.05) is 0 Å². The number of hydrogen-bond donors (Lipinski definition) is 1. The van der Waals surface area contributed by atoms with Gasteiger partial charge in [0.15, 0.2) is 0 Å². The SMILES string of the molecule is C=C(CCC=C=O)C(=O)O. The molecule has 0 aliphatic heterocycles. The number of rotatable bonds is 4. The molecule has 3 nitrogen and oxygen atoms in total. The quantitative estimate of drug-likeness (QED) is 0.464. The lowest BCUT2D eigenvalue weighted by molar-refractivity contribution is -0.132. The van der Waals surface area contributed by atoms with Gasteiger partial charge in [0.25, 0.3) is 0 Å². The molecule has 0 aromatic rings. The number of carboxylic acids is 1. The van der Waals surface area contributed by atoms with Gasteiger partial charge < -0.3 is 5.11 Å². The molecule has 0 aliphatic rings. The number of carbonyl (C=O) groups excluding carboxylic acids is 1. The predicted octanol–water partition coefficient (Wildman–Crippen LogP) is 0.795. The van der Waals surface area contributed by atoms with Crippen LogP contribution in [0.3, 0.4) is 0 Å². The zero-order chi connectivity index (χ0) is 7.98. The zero-order valence-corrected chi connectivity index (χ0v) is 5.46. The molecule has 0 bridgehead atoms. The van der Waals surface area contributed by atoms with Crippen LogP contribution in [0.25, 0.3) is 0 Å². The van der Waals surface area contributed by atoms with Gasteiger partial charge >= 0.3 is 5.97 Å². The summed E-state index contributed by atoms with van der Waals surface area (Å²) in [5.74, 6) is 0.538. The van der Waals surface area contributed by atoms with Crippen LogP contribution in [0.1, 0.15) is 12.8 Å². The average Bonchev–Trinajstić information content (AvgIpc) is 1.88. The summed E-state index contributed by atoms with van der Waals surface area (Å²) in [6.07, 6.45) is 1.95. The van der Waals surface area contributed by atoms with Gasteiger partial charge in [-0.2, -0.15) is 0 Å². The first-order chi connectivity index (χ1) is 4.68. The maximum Gasteiger partial charge on any atom is 0.330 e. The van der Waals surface area contributed by atoms with Crippen molar-refractivity contribution in [1.29, 1.82) is 0 Å². The lowest BCUT2D eigenvalue weighted by Gasteiger charge is -1.92. The molecule has 10 heavy (non-hydrogen) atoms. The Bertz CT molecular complexity index is 187. The molecule has 0 saturated heterocycles. The van der Waals surface area contributed by atoms with Gasteiger partial charge in [-0.25, -0.2) is 9.59 Å². The fraction of sp³-hybridized carbons (Fsp3) is 0.286. The maximum absolute atomic E-state index is 10.1. The monoisotopic (exact) mass is 140 g/mol. The van der Waals surface area contributed by atoms with Crippen molar-refractivity contribution in [2.45, 2.75) is 12.8 Å². The number of hydrogen-bond acceptors (Lipinski definition) is 2. The highest BCUT2D eigenvalue weighted by molar-refractivity contribution is 5.85. The topological polar surface area (TPSA) is 54.4 Å². The normalized spacial score (nSPS) is 8.00. The molecule has 0 heterocycles. The Hall–Kier alpha value is -1.34. The first-order valence-corrected chi connectivity index (χ1v) is 2.79. The Labute approximate surface area is 58.7 Å². The number of allylic oxidation sites excluding steroid dienone is 1. The minimum absolute atomic E-state index is 0.117. The number of carboxylic acid groups (broad SMARTS) is 1. The van der Waals surface area contributed by atoms with E-state index in [0.717, 1.165) is 0 Å². The zero-order valence-electron chi connectivity index (χ0n) is 5.46. The van der Waals surface area contributed by atoms with Crippen molar-refractivity contribution in [3.05, 3.63) is 18.2 Å². The van der Waals surface area contributed by atoms with Crippen molar-refractivity contribution in [2.24, 2.45) is 0 Å². The smallest absolute Gasteiger partial charge is 0.330 e. The van der Waals surface area contributed by atoms with Gasteiger partial charge in [0, 0.05) is 11.6 Å². The molecule has 0 aliphatic carbocycles. The summed E-state index contributed by atoms with van der Waals surface area (Å²) >= 11 is 0. The van der Waals surface area contributed by atoms with Crippen molar-refractivity contribution in [3.63, 3.8) is 0 Å². The van der Waals surface area contributed by atoms with E-state index >= 15 is 0 Å². The van der Waals surface area contributed by atoms with E-state index < -0.39 is 5.97 Å². The second-order valence-electron chi connectivity index (χ2n) is 1.77. The summed E-state index contributed by atoms with van der Waals surface area (Å²) in [4.78, 5) is 19.7. The summed E-state index contributed by atoms with van der Waals surface area (Å²) in [5, 5.41) is 8.27. The Morgan fingerprint density at radius 1 is 1.70 bits per heavy atom. The van der Waals surface area contributed by atoms with Crippen LogP contribution >= 0.6 is 0 Å². The third kappa shape index (κ3) is 3.64. The van der Waals surface area contributed by atoms with Gasteiger partial charge in [-0.3, -0.25) is 0 Å². The first kappa shape index (κ1) is 8.66. The van der Waals surface area contributed by atoms with Crippen molar-refractivity contribution < 1.29 is 14.7 Å². The Morgan fingerprint density at radius 3 is 2.70 bits per heavy atom. The van der Waals surface area contributed by atoms with Crippen LogP contribution < -0.4 is 0 Å².